The van der Waals surface area contributed by atoms with Gasteiger partial charge in [0.25, 0.3) is 0 Å². The molecule has 0 aliphatic carbocycles. The average Bonchev–Trinajstić information content (AvgIpc) is 3.01. The lowest BCUT2D eigenvalue weighted by molar-refractivity contribution is -0.117. The minimum atomic E-state index is -0.0990. The maximum Gasteiger partial charge on any atom is 0.321 e. The molecule has 3 rings (SSSR count). The lowest BCUT2D eigenvalue weighted by Gasteiger charge is -2.32. The van der Waals surface area contributed by atoms with Crippen LogP contribution in [0.2, 0.25) is 0 Å². The molecule has 2 aliphatic heterocycles. The molecular formula is C19H28N4O2. The lowest BCUT2D eigenvalue weighted by Crippen LogP contribution is -2.41. The van der Waals surface area contributed by atoms with Crippen LogP contribution in [0.5, 0.6) is 0 Å². The number of hydrogen-bond donors (Lipinski definition) is 1. The summed E-state index contributed by atoms with van der Waals surface area (Å²) in [5, 5.41) is 2.96. The van der Waals surface area contributed by atoms with Crippen molar-refractivity contribution in [3.8, 4) is 0 Å². The third kappa shape index (κ3) is 4.51. The zero-order valence-corrected chi connectivity index (χ0v) is 15.2. The van der Waals surface area contributed by atoms with Gasteiger partial charge in [0.2, 0.25) is 5.91 Å². The predicted molar refractivity (Wildman–Crippen MR) is 99.9 cm³/mol. The van der Waals surface area contributed by atoms with E-state index in [1.165, 1.54) is 12.8 Å². The Morgan fingerprint density at radius 1 is 1.32 bits per heavy atom. The molecule has 2 saturated heterocycles. The van der Waals surface area contributed by atoms with Crippen LogP contribution in [0, 0.1) is 5.92 Å². The molecule has 1 aromatic rings. The normalized spacial score (nSPS) is 21.4. The summed E-state index contributed by atoms with van der Waals surface area (Å²) in [5.74, 6) is 0.685. The molecule has 0 radical (unpaired) electrons. The van der Waals surface area contributed by atoms with Crippen LogP contribution in [0.4, 0.5) is 16.2 Å². The molecular weight excluding hydrogens is 316 g/mol. The fraction of sp³-hybridized carbons (Fsp3) is 0.579. The molecule has 2 aliphatic rings. The number of nitrogens with zero attached hydrogens (tertiary/aromatic N) is 3. The van der Waals surface area contributed by atoms with Crippen LogP contribution >= 0.6 is 0 Å². The van der Waals surface area contributed by atoms with E-state index in [0.717, 1.165) is 44.0 Å². The summed E-state index contributed by atoms with van der Waals surface area (Å²) < 4.78 is 0. The Kier molecular flexibility index (Phi) is 5.58. The van der Waals surface area contributed by atoms with E-state index in [1.807, 2.05) is 31.3 Å². The van der Waals surface area contributed by atoms with E-state index in [-0.39, 0.29) is 11.9 Å². The number of amides is 3. The highest BCUT2D eigenvalue weighted by atomic mass is 16.2. The highest BCUT2D eigenvalue weighted by Crippen LogP contribution is 2.24. The average molecular weight is 344 g/mol. The molecule has 2 fully saturated rings. The number of likely N-dealkylation sites (tertiary alicyclic amines) is 1. The summed E-state index contributed by atoms with van der Waals surface area (Å²) in [7, 11) is 3.98. The number of piperidine rings is 1. The molecule has 1 unspecified atom stereocenters. The summed E-state index contributed by atoms with van der Waals surface area (Å²) >= 11 is 0. The fourth-order valence-corrected chi connectivity index (χ4v) is 3.78. The number of carbonyl (C=O) groups excluding carboxylic acids is 2. The van der Waals surface area contributed by atoms with Gasteiger partial charge < -0.3 is 20.0 Å². The molecule has 6 nitrogen and oxygen atoms in total. The Bertz CT molecular complexity index is 634. The number of hydrogen-bond acceptors (Lipinski definition) is 3. The first-order valence-corrected chi connectivity index (χ1v) is 9.14. The Balaban J connectivity index is 1.57. The van der Waals surface area contributed by atoms with E-state index >= 15 is 0 Å². The summed E-state index contributed by atoms with van der Waals surface area (Å²) in [4.78, 5) is 30.3. The third-order valence-corrected chi connectivity index (χ3v) is 5.08. The topological polar surface area (TPSA) is 55.9 Å². The smallest absolute Gasteiger partial charge is 0.321 e. The monoisotopic (exact) mass is 344 g/mol. The molecule has 1 aromatic carbocycles. The van der Waals surface area contributed by atoms with Crippen LogP contribution in [0.25, 0.3) is 0 Å². The Morgan fingerprint density at radius 2 is 2.16 bits per heavy atom. The second kappa shape index (κ2) is 7.87. The highest BCUT2D eigenvalue weighted by molar-refractivity contribution is 5.96. The molecule has 1 N–H and O–H groups in total. The number of benzene rings is 1. The first-order valence-electron chi connectivity index (χ1n) is 9.14. The van der Waals surface area contributed by atoms with Crippen molar-refractivity contribution < 1.29 is 9.59 Å². The Morgan fingerprint density at radius 3 is 2.88 bits per heavy atom. The van der Waals surface area contributed by atoms with Gasteiger partial charge in [-0.2, -0.15) is 0 Å². The number of carbonyl (C=O) groups is 2. The van der Waals surface area contributed by atoms with E-state index in [0.29, 0.717) is 12.3 Å². The third-order valence-electron chi connectivity index (χ3n) is 5.08. The van der Waals surface area contributed by atoms with Gasteiger partial charge in [-0.15, -0.1) is 0 Å². The van der Waals surface area contributed by atoms with E-state index in [1.54, 1.807) is 9.80 Å². The first-order chi connectivity index (χ1) is 12.0. The van der Waals surface area contributed by atoms with Gasteiger partial charge in [0.1, 0.15) is 0 Å². The van der Waals surface area contributed by atoms with Crippen molar-refractivity contribution in [2.75, 3.05) is 50.5 Å². The van der Waals surface area contributed by atoms with E-state index < -0.39 is 0 Å². The van der Waals surface area contributed by atoms with Crippen molar-refractivity contribution in [2.45, 2.75) is 25.7 Å². The first kappa shape index (κ1) is 17.7. The van der Waals surface area contributed by atoms with Crippen LogP contribution < -0.4 is 10.2 Å². The second-order valence-electron chi connectivity index (χ2n) is 7.28. The second-order valence-corrected chi connectivity index (χ2v) is 7.28. The van der Waals surface area contributed by atoms with Crippen molar-refractivity contribution in [2.24, 2.45) is 5.92 Å². The van der Waals surface area contributed by atoms with Crippen molar-refractivity contribution in [1.29, 1.82) is 0 Å². The zero-order chi connectivity index (χ0) is 17.8. The van der Waals surface area contributed by atoms with Gasteiger partial charge in [0.05, 0.1) is 0 Å². The molecule has 3 amide bonds. The maximum absolute atomic E-state index is 12.5. The minimum Gasteiger partial charge on any atom is -0.327 e. The molecule has 1 atom stereocenters. The summed E-state index contributed by atoms with van der Waals surface area (Å²) in [6.45, 7) is 3.71. The molecule has 0 saturated carbocycles. The molecule has 0 aromatic heterocycles. The largest absolute Gasteiger partial charge is 0.327 e. The van der Waals surface area contributed by atoms with Crippen LogP contribution in [0.3, 0.4) is 0 Å². The Labute approximate surface area is 149 Å². The van der Waals surface area contributed by atoms with Crippen molar-refractivity contribution in [3.05, 3.63) is 24.3 Å². The number of nitrogens with one attached hydrogen (secondary N) is 1. The molecule has 136 valence electrons. The van der Waals surface area contributed by atoms with Gasteiger partial charge in [0.15, 0.2) is 0 Å². The number of urea groups is 1. The Hall–Kier alpha value is -2.08. The van der Waals surface area contributed by atoms with Crippen LogP contribution in [0.15, 0.2) is 24.3 Å². The van der Waals surface area contributed by atoms with E-state index in [4.69, 9.17) is 0 Å². The predicted octanol–water partition coefficient (Wildman–Crippen LogP) is 2.62. The van der Waals surface area contributed by atoms with Crippen LogP contribution in [-0.4, -0.2) is 62.0 Å². The number of anilines is 2. The molecule has 0 spiro atoms. The van der Waals surface area contributed by atoms with Crippen molar-refractivity contribution in [1.82, 2.24) is 9.80 Å². The SMILES string of the molecule is CN1CCCC(CN(C)C(=O)Nc2cccc(N3CCCC3=O)c2)C1. The summed E-state index contributed by atoms with van der Waals surface area (Å²) in [6.07, 6.45) is 3.88. The fourth-order valence-electron chi connectivity index (χ4n) is 3.78. The molecule has 25 heavy (non-hydrogen) atoms. The van der Waals surface area contributed by atoms with Gasteiger partial charge in [-0.1, -0.05) is 6.07 Å². The van der Waals surface area contributed by atoms with Crippen molar-refractivity contribution >= 4 is 23.3 Å². The molecule has 2 heterocycles. The van der Waals surface area contributed by atoms with Crippen molar-refractivity contribution in [3.63, 3.8) is 0 Å². The minimum absolute atomic E-state index is 0.0990. The maximum atomic E-state index is 12.5. The highest BCUT2D eigenvalue weighted by Gasteiger charge is 2.23. The van der Waals surface area contributed by atoms with Crippen LogP contribution in [0.1, 0.15) is 25.7 Å². The quantitative estimate of drug-likeness (QED) is 0.913. The standard InChI is InChI=1S/C19H28N4O2/c1-21-10-4-6-15(13-21)14-22(2)19(25)20-16-7-3-8-17(12-16)23-11-5-9-18(23)24/h3,7-8,12,15H,4-6,9-11,13-14H2,1-2H3,(H,20,25). The van der Waals surface area contributed by atoms with E-state index in [9.17, 15) is 9.59 Å². The van der Waals surface area contributed by atoms with Gasteiger partial charge >= 0.3 is 6.03 Å². The zero-order valence-electron chi connectivity index (χ0n) is 15.2. The summed E-state index contributed by atoms with van der Waals surface area (Å²) in [5.41, 5.74) is 1.59. The van der Waals surface area contributed by atoms with E-state index in [2.05, 4.69) is 17.3 Å². The number of rotatable bonds is 4. The molecule has 6 heteroatoms. The van der Waals surface area contributed by atoms with Gasteiger partial charge in [0, 0.05) is 44.5 Å². The van der Waals surface area contributed by atoms with Gasteiger partial charge in [-0.05, 0) is 57.0 Å². The van der Waals surface area contributed by atoms with Gasteiger partial charge in [-0.25, -0.2) is 4.79 Å². The lowest BCUT2D eigenvalue weighted by atomic mass is 9.98. The summed E-state index contributed by atoms with van der Waals surface area (Å²) in [6, 6.07) is 7.44. The van der Waals surface area contributed by atoms with Crippen LogP contribution in [-0.2, 0) is 4.79 Å². The molecule has 0 bridgehead atoms. The van der Waals surface area contributed by atoms with Gasteiger partial charge in [-0.3, -0.25) is 4.79 Å².